The molecule has 0 heterocycles. The number of hydrazine groups is 1. The number of nitrogens with one attached hydrogen (secondary N) is 1. The van der Waals surface area contributed by atoms with E-state index in [1.54, 1.807) is 20.3 Å². The summed E-state index contributed by atoms with van der Waals surface area (Å²) >= 11 is 0. The molecule has 0 aliphatic heterocycles. The van der Waals surface area contributed by atoms with Crippen molar-refractivity contribution in [1.82, 2.24) is 5.43 Å². The summed E-state index contributed by atoms with van der Waals surface area (Å²) in [6.07, 6.45) is 0. The van der Waals surface area contributed by atoms with Crippen LogP contribution in [0, 0.1) is 0 Å². The highest BCUT2D eigenvalue weighted by Crippen LogP contribution is 2.22. The van der Waals surface area contributed by atoms with Gasteiger partial charge in [-0.15, -0.1) is 0 Å². The molecule has 0 radical (unpaired) electrons. The van der Waals surface area contributed by atoms with Gasteiger partial charge in [0, 0.05) is 6.07 Å². The van der Waals surface area contributed by atoms with Crippen molar-refractivity contribution in [3.8, 4) is 11.5 Å². The number of ether oxygens (including phenoxy) is 2. The Kier molecular flexibility index (Phi) is 4.41. The third-order valence-electron chi connectivity index (χ3n) is 1.99. The molecule has 0 aliphatic rings. The second-order valence-corrected chi connectivity index (χ2v) is 3.07. The SMILES string of the molecule is COc1cc(CN=C(N)NN)cc(OC)c1. The topological polar surface area (TPSA) is 94.9 Å². The first-order chi connectivity index (χ1) is 7.69. The smallest absolute Gasteiger partial charge is 0.203 e. The van der Waals surface area contributed by atoms with E-state index >= 15 is 0 Å². The third-order valence-corrected chi connectivity index (χ3v) is 1.99. The van der Waals surface area contributed by atoms with Gasteiger partial charge in [-0.05, 0) is 17.7 Å². The summed E-state index contributed by atoms with van der Waals surface area (Å²) in [6, 6.07) is 5.50. The molecule has 0 bridgehead atoms. The number of hydrogen-bond donors (Lipinski definition) is 3. The van der Waals surface area contributed by atoms with Gasteiger partial charge in [0.2, 0.25) is 5.96 Å². The first-order valence-electron chi connectivity index (χ1n) is 4.68. The van der Waals surface area contributed by atoms with Crippen LogP contribution in [0.4, 0.5) is 0 Å². The van der Waals surface area contributed by atoms with E-state index in [0.29, 0.717) is 18.0 Å². The molecule has 6 heteroatoms. The van der Waals surface area contributed by atoms with Crippen molar-refractivity contribution in [2.75, 3.05) is 14.2 Å². The molecule has 0 amide bonds. The van der Waals surface area contributed by atoms with Gasteiger partial charge in [0.05, 0.1) is 20.8 Å². The van der Waals surface area contributed by atoms with Gasteiger partial charge in [-0.3, -0.25) is 5.43 Å². The van der Waals surface area contributed by atoms with Gasteiger partial charge in [0.1, 0.15) is 11.5 Å². The van der Waals surface area contributed by atoms with Crippen molar-refractivity contribution >= 4 is 5.96 Å². The predicted octanol–water partition coefficient (Wildman–Crippen LogP) is -0.0182. The third kappa shape index (κ3) is 3.32. The average molecular weight is 224 g/mol. The summed E-state index contributed by atoms with van der Waals surface area (Å²) in [5, 5.41) is 0. The predicted molar refractivity (Wildman–Crippen MR) is 62.2 cm³/mol. The number of benzene rings is 1. The molecule has 6 nitrogen and oxygen atoms in total. The van der Waals surface area contributed by atoms with E-state index in [-0.39, 0.29) is 5.96 Å². The molecule has 88 valence electrons. The minimum atomic E-state index is 0.182. The second-order valence-electron chi connectivity index (χ2n) is 3.07. The van der Waals surface area contributed by atoms with Crippen LogP contribution in [-0.2, 0) is 6.54 Å². The fourth-order valence-electron chi connectivity index (χ4n) is 1.18. The minimum absolute atomic E-state index is 0.182. The summed E-state index contributed by atoms with van der Waals surface area (Å²) in [4.78, 5) is 4.01. The lowest BCUT2D eigenvalue weighted by molar-refractivity contribution is 0.393. The Bertz CT molecular complexity index is 357. The molecular formula is C10H16N4O2. The molecule has 0 atom stereocenters. The van der Waals surface area contributed by atoms with Crippen molar-refractivity contribution in [1.29, 1.82) is 0 Å². The quantitative estimate of drug-likeness (QED) is 0.289. The molecule has 1 rings (SSSR count). The Morgan fingerprint density at radius 1 is 1.25 bits per heavy atom. The average Bonchev–Trinajstić information content (AvgIpc) is 2.35. The van der Waals surface area contributed by atoms with E-state index in [0.717, 1.165) is 5.56 Å². The number of aliphatic imine (C=N–C) groups is 1. The van der Waals surface area contributed by atoms with Crippen LogP contribution in [0.15, 0.2) is 23.2 Å². The molecule has 1 aromatic rings. The Hall–Kier alpha value is -1.95. The highest BCUT2D eigenvalue weighted by molar-refractivity contribution is 5.77. The molecule has 16 heavy (non-hydrogen) atoms. The van der Waals surface area contributed by atoms with Gasteiger partial charge in [-0.1, -0.05) is 0 Å². The van der Waals surface area contributed by atoms with E-state index < -0.39 is 0 Å². The number of methoxy groups -OCH3 is 2. The maximum absolute atomic E-state index is 5.41. The number of hydrogen-bond acceptors (Lipinski definition) is 4. The van der Waals surface area contributed by atoms with Crippen LogP contribution < -0.4 is 26.5 Å². The molecule has 0 fully saturated rings. The second kappa shape index (κ2) is 5.82. The van der Waals surface area contributed by atoms with Gasteiger partial charge in [0.15, 0.2) is 0 Å². The van der Waals surface area contributed by atoms with E-state index in [2.05, 4.69) is 10.4 Å². The number of guanidine groups is 1. The first-order valence-corrected chi connectivity index (χ1v) is 4.68. The summed E-state index contributed by atoms with van der Waals surface area (Å²) < 4.78 is 10.3. The molecule has 0 aromatic heterocycles. The van der Waals surface area contributed by atoms with Crippen LogP contribution >= 0.6 is 0 Å². The van der Waals surface area contributed by atoms with Crippen LogP contribution in [0.1, 0.15) is 5.56 Å². The highest BCUT2D eigenvalue weighted by atomic mass is 16.5. The van der Waals surface area contributed by atoms with E-state index in [9.17, 15) is 0 Å². The van der Waals surface area contributed by atoms with Crippen LogP contribution in [0.5, 0.6) is 11.5 Å². The molecule has 0 saturated heterocycles. The molecule has 1 aromatic carbocycles. The maximum Gasteiger partial charge on any atom is 0.203 e. The normalized spacial score (nSPS) is 11.1. The summed E-state index contributed by atoms with van der Waals surface area (Å²) in [5.74, 6) is 6.70. The lowest BCUT2D eigenvalue weighted by Crippen LogP contribution is -2.37. The zero-order valence-corrected chi connectivity index (χ0v) is 9.36. The van der Waals surface area contributed by atoms with Crippen molar-refractivity contribution in [3.63, 3.8) is 0 Å². The lowest BCUT2D eigenvalue weighted by Gasteiger charge is -2.07. The van der Waals surface area contributed by atoms with E-state index in [1.165, 1.54) is 0 Å². The maximum atomic E-state index is 5.41. The van der Waals surface area contributed by atoms with Crippen molar-refractivity contribution < 1.29 is 9.47 Å². The van der Waals surface area contributed by atoms with Crippen LogP contribution in [0.3, 0.4) is 0 Å². The van der Waals surface area contributed by atoms with Crippen LogP contribution in [-0.4, -0.2) is 20.2 Å². The van der Waals surface area contributed by atoms with E-state index in [4.69, 9.17) is 21.1 Å². The molecule has 0 saturated carbocycles. The molecular weight excluding hydrogens is 208 g/mol. The molecule has 0 unspecified atom stereocenters. The van der Waals surface area contributed by atoms with Crippen molar-refractivity contribution in [2.24, 2.45) is 16.6 Å². The summed E-state index contributed by atoms with van der Waals surface area (Å²) in [7, 11) is 3.19. The van der Waals surface area contributed by atoms with Crippen molar-refractivity contribution in [3.05, 3.63) is 23.8 Å². The fourth-order valence-corrected chi connectivity index (χ4v) is 1.18. The fraction of sp³-hybridized carbons (Fsp3) is 0.300. The summed E-state index contributed by atoms with van der Waals surface area (Å²) in [5.41, 5.74) is 8.60. The van der Waals surface area contributed by atoms with Crippen molar-refractivity contribution in [2.45, 2.75) is 6.54 Å². The lowest BCUT2D eigenvalue weighted by atomic mass is 10.2. The largest absolute Gasteiger partial charge is 0.497 e. The molecule has 5 N–H and O–H groups in total. The van der Waals surface area contributed by atoms with Crippen LogP contribution in [0.25, 0.3) is 0 Å². The van der Waals surface area contributed by atoms with Crippen LogP contribution in [0.2, 0.25) is 0 Å². The Morgan fingerprint density at radius 2 is 1.81 bits per heavy atom. The monoisotopic (exact) mass is 224 g/mol. The highest BCUT2D eigenvalue weighted by Gasteiger charge is 2.01. The Labute approximate surface area is 94.2 Å². The standard InChI is InChI=1S/C10H16N4O2/c1-15-8-3-7(4-9(5-8)16-2)6-13-10(11)14-12/h3-5H,6,12H2,1-2H3,(H3,11,13,14). The van der Waals surface area contributed by atoms with Gasteiger partial charge < -0.3 is 15.2 Å². The summed E-state index contributed by atoms with van der Waals surface area (Å²) in [6.45, 7) is 0.406. The number of nitrogens with zero attached hydrogens (tertiary/aromatic N) is 1. The molecule has 0 spiro atoms. The zero-order valence-electron chi connectivity index (χ0n) is 9.36. The van der Waals surface area contributed by atoms with Gasteiger partial charge >= 0.3 is 0 Å². The van der Waals surface area contributed by atoms with Gasteiger partial charge in [-0.2, -0.15) is 0 Å². The number of nitrogens with two attached hydrogens (primary N) is 2. The molecule has 0 aliphatic carbocycles. The Balaban J connectivity index is 2.86. The van der Waals surface area contributed by atoms with E-state index in [1.807, 2.05) is 12.1 Å². The minimum Gasteiger partial charge on any atom is -0.497 e. The Morgan fingerprint density at radius 3 is 2.25 bits per heavy atom. The van der Waals surface area contributed by atoms with Gasteiger partial charge in [-0.25, -0.2) is 10.8 Å². The number of rotatable bonds is 4. The first kappa shape index (κ1) is 12.1. The van der Waals surface area contributed by atoms with Gasteiger partial charge in [0.25, 0.3) is 0 Å². The zero-order chi connectivity index (χ0) is 12.0.